The summed E-state index contributed by atoms with van der Waals surface area (Å²) in [5, 5.41) is 0. The Balaban J connectivity index is 1.45. The first-order valence-corrected chi connectivity index (χ1v) is 20.5. The first-order valence-electron chi connectivity index (χ1n) is 20.5. The second-order valence-electron chi connectivity index (χ2n) is 14.9. The van der Waals surface area contributed by atoms with Gasteiger partial charge in [0.15, 0.2) is 30.9 Å². The van der Waals surface area contributed by atoms with E-state index >= 15 is 4.39 Å². The lowest BCUT2D eigenvalue weighted by Gasteiger charge is -2.49. The van der Waals surface area contributed by atoms with Gasteiger partial charge in [0, 0.05) is 27.9 Å². The van der Waals surface area contributed by atoms with Crippen molar-refractivity contribution in [1.82, 2.24) is 0 Å². The topological polar surface area (TPSA) is 170 Å². The summed E-state index contributed by atoms with van der Waals surface area (Å²) in [5.41, 5.74) is 1.62. The van der Waals surface area contributed by atoms with Crippen LogP contribution in [0.15, 0.2) is 109 Å². The van der Waals surface area contributed by atoms with Gasteiger partial charge in [0.25, 0.3) is 0 Å². The fourth-order valence-corrected chi connectivity index (χ4v) is 7.24. The minimum Gasteiger partial charge on any atom is -0.463 e. The third kappa shape index (κ3) is 13.2. The van der Waals surface area contributed by atoms with Crippen LogP contribution < -0.4 is 0 Å². The van der Waals surface area contributed by atoms with Gasteiger partial charge in [-0.3, -0.25) is 14.4 Å². The standard InChI is InChI=1S/C47H50F2O15/c1-28(50)56-27-38-40(59-29(2)51)42(60-30(3)52)44(63-45(53)35-22-34(48)20-21-36(35)49)47(62-38)64-39-37(26-55-23-31-14-8-5-9-15-31)61-46(54-4)43(58-25-33-18-12-7-13-19-33)41(39)57-24-32-16-10-6-11-17-32/h5-22,37-44,46-47H,23-27H2,1-4H3/t37-,38-,39-,40+,41+,42+,43-,44-,46+,47+/m1/s1. The molecule has 2 saturated heterocycles. The molecule has 0 aliphatic carbocycles. The second-order valence-corrected chi connectivity index (χ2v) is 14.9. The highest BCUT2D eigenvalue weighted by Crippen LogP contribution is 2.36. The van der Waals surface area contributed by atoms with Crippen LogP contribution in [-0.4, -0.2) is 106 Å². The molecule has 2 fully saturated rings. The minimum atomic E-state index is -1.89. The molecule has 0 saturated carbocycles. The van der Waals surface area contributed by atoms with Crippen LogP contribution in [0, 0.1) is 11.6 Å². The SMILES string of the molecule is CO[C@H]1O[C@H](COCc2ccccc2)[C@@H](O[C@@H]2O[C@H](COC(C)=O)[C@H](OC(C)=O)[C@H](OC(C)=O)[C@H]2OC(=O)c2cc(F)ccc2F)[C@H](OCc2ccccc2)[C@H]1OCc1ccccc1. The van der Waals surface area contributed by atoms with Crippen molar-refractivity contribution in [3.05, 3.63) is 143 Å². The minimum absolute atomic E-state index is 0.0209. The first-order chi connectivity index (χ1) is 30.9. The zero-order chi connectivity index (χ0) is 45.6. The van der Waals surface area contributed by atoms with Gasteiger partial charge in [-0.1, -0.05) is 91.0 Å². The molecule has 10 atom stereocenters. The van der Waals surface area contributed by atoms with Crippen molar-refractivity contribution in [2.45, 2.75) is 102 Å². The second kappa shape index (κ2) is 23.3. The summed E-state index contributed by atoms with van der Waals surface area (Å²) in [6.45, 7) is 2.77. The zero-order valence-electron chi connectivity index (χ0n) is 35.6. The van der Waals surface area contributed by atoms with E-state index in [1.807, 2.05) is 91.0 Å². The predicted octanol–water partition coefficient (Wildman–Crippen LogP) is 5.79. The van der Waals surface area contributed by atoms with E-state index in [0.29, 0.717) is 6.07 Å². The molecule has 0 spiro atoms. The molecule has 0 unspecified atom stereocenters. The van der Waals surface area contributed by atoms with Crippen molar-refractivity contribution >= 4 is 23.9 Å². The van der Waals surface area contributed by atoms with Crippen molar-refractivity contribution < 1.29 is 80.1 Å². The molecule has 0 N–H and O–H groups in total. The monoisotopic (exact) mass is 892 g/mol. The summed E-state index contributed by atoms with van der Waals surface area (Å²) in [4.78, 5) is 51.3. The van der Waals surface area contributed by atoms with Crippen molar-refractivity contribution in [3.8, 4) is 0 Å². The highest BCUT2D eigenvalue weighted by Gasteiger charge is 2.57. The summed E-state index contributed by atoms with van der Waals surface area (Å²) < 4.78 is 97.0. The van der Waals surface area contributed by atoms with E-state index in [9.17, 15) is 23.6 Å². The van der Waals surface area contributed by atoms with Crippen LogP contribution in [0.25, 0.3) is 0 Å². The maximum absolute atomic E-state index is 15.1. The van der Waals surface area contributed by atoms with E-state index in [1.54, 1.807) is 0 Å². The van der Waals surface area contributed by atoms with Gasteiger partial charge >= 0.3 is 23.9 Å². The molecule has 15 nitrogen and oxygen atoms in total. The van der Waals surface area contributed by atoms with Crippen LogP contribution in [-0.2, 0) is 86.3 Å². The van der Waals surface area contributed by atoms with Crippen LogP contribution in [0.5, 0.6) is 0 Å². The highest BCUT2D eigenvalue weighted by molar-refractivity contribution is 5.90. The van der Waals surface area contributed by atoms with E-state index in [4.69, 9.17) is 52.1 Å². The average molecular weight is 893 g/mol. The molecule has 342 valence electrons. The molecule has 4 aromatic rings. The normalized spacial score (nSPS) is 25.5. The third-order valence-corrected chi connectivity index (χ3v) is 10.1. The predicted molar refractivity (Wildman–Crippen MR) is 219 cm³/mol. The van der Waals surface area contributed by atoms with Gasteiger partial charge in [0.1, 0.15) is 48.8 Å². The van der Waals surface area contributed by atoms with Crippen LogP contribution >= 0.6 is 0 Å². The molecule has 17 heteroatoms. The number of benzene rings is 4. The largest absolute Gasteiger partial charge is 0.463 e. The van der Waals surface area contributed by atoms with Crippen molar-refractivity contribution in [2.24, 2.45) is 0 Å². The molecule has 0 radical (unpaired) electrons. The molecule has 64 heavy (non-hydrogen) atoms. The van der Waals surface area contributed by atoms with Crippen LogP contribution in [0.1, 0.15) is 47.8 Å². The zero-order valence-corrected chi connectivity index (χ0v) is 35.6. The molecule has 2 aliphatic heterocycles. The van der Waals surface area contributed by atoms with Gasteiger partial charge in [-0.05, 0) is 34.9 Å². The fraction of sp³-hybridized carbons (Fsp3) is 0.404. The van der Waals surface area contributed by atoms with Crippen LogP contribution in [0.3, 0.4) is 0 Å². The summed E-state index contributed by atoms with van der Waals surface area (Å²) in [6.07, 6.45) is -14.1. The number of rotatable bonds is 19. The fourth-order valence-electron chi connectivity index (χ4n) is 7.24. The molecule has 6 rings (SSSR count). The number of hydrogen-bond donors (Lipinski definition) is 0. The lowest BCUT2D eigenvalue weighted by atomic mass is 9.95. The Morgan fingerprint density at radius 2 is 1.08 bits per heavy atom. The van der Waals surface area contributed by atoms with E-state index in [1.165, 1.54) is 7.11 Å². The van der Waals surface area contributed by atoms with Crippen molar-refractivity contribution in [2.75, 3.05) is 20.3 Å². The molecule has 2 aliphatic rings. The van der Waals surface area contributed by atoms with Crippen LogP contribution in [0.2, 0.25) is 0 Å². The Hall–Kier alpha value is -5.66. The van der Waals surface area contributed by atoms with E-state index in [0.717, 1.165) is 49.6 Å². The van der Waals surface area contributed by atoms with Gasteiger partial charge in [-0.25, -0.2) is 13.6 Å². The van der Waals surface area contributed by atoms with E-state index in [2.05, 4.69) is 0 Å². The Labute approximate surface area is 368 Å². The number of hydrogen-bond acceptors (Lipinski definition) is 15. The third-order valence-electron chi connectivity index (χ3n) is 10.1. The number of ether oxygens (including phenoxy) is 11. The van der Waals surface area contributed by atoms with Crippen LogP contribution in [0.4, 0.5) is 8.78 Å². The summed E-state index contributed by atoms with van der Waals surface area (Å²) in [6, 6.07) is 30.0. The lowest BCUT2D eigenvalue weighted by Crippen LogP contribution is -2.67. The Morgan fingerprint density at radius 1 is 0.547 bits per heavy atom. The summed E-state index contributed by atoms with van der Waals surface area (Å²) in [7, 11) is 1.44. The lowest BCUT2D eigenvalue weighted by molar-refractivity contribution is -0.366. The van der Waals surface area contributed by atoms with Crippen molar-refractivity contribution in [1.29, 1.82) is 0 Å². The highest BCUT2D eigenvalue weighted by atomic mass is 19.1. The van der Waals surface area contributed by atoms with Gasteiger partial charge in [0.05, 0.1) is 32.0 Å². The molecular formula is C47H50F2O15. The van der Waals surface area contributed by atoms with E-state index < -0.39 is 109 Å². The first kappa shape index (κ1) is 47.8. The summed E-state index contributed by atoms with van der Waals surface area (Å²) >= 11 is 0. The Bertz CT molecular complexity index is 2130. The molecular weight excluding hydrogens is 842 g/mol. The maximum atomic E-state index is 15.1. The van der Waals surface area contributed by atoms with Crippen molar-refractivity contribution in [3.63, 3.8) is 0 Å². The number of esters is 4. The van der Waals surface area contributed by atoms with Gasteiger partial charge < -0.3 is 52.1 Å². The smallest absolute Gasteiger partial charge is 0.341 e. The Kier molecular flexibility index (Phi) is 17.4. The average Bonchev–Trinajstić information content (AvgIpc) is 3.28. The Morgan fingerprint density at radius 3 is 1.64 bits per heavy atom. The van der Waals surface area contributed by atoms with Gasteiger partial charge in [-0.15, -0.1) is 0 Å². The number of carbonyl (C=O) groups excluding carboxylic acids is 4. The number of methoxy groups -OCH3 is 1. The van der Waals surface area contributed by atoms with E-state index in [-0.39, 0.29) is 26.4 Å². The quantitative estimate of drug-likeness (QED) is 0.0819. The molecule has 0 bridgehead atoms. The summed E-state index contributed by atoms with van der Waals surface area (Å²) in [5.74, 6) is -6.06. The van der Waals surface area contributed by atoms with Gasteiger partial charge in [0.2, 0.25) is 0 Å². The molecule has 4 aromatic carbocycles. The molecule has 2 heterocycles. The molecule has 0 amide bonds. The van der Waals surface area contributed by atoms with Gasteiger partial charge in [-0.2, -0.15) is 0 Å². The number of carbonyl (C=O) groups is 4. The maximum Gasteiger partial charge on any atom is 0.341 e. The molecule has 0 aromatic heterocycles. The number of halogens is 2.